The van der Waals surface area contributed by atoms with Gasteiger partial charge in [-0.05, 0) is 60.7 Å². The van der Waals surface area contributed by atoms with Gasteiger partial charge in [-0.25, -0.2) is 0 Å². The molecule has 10 nitrogen and oxygen atoms in total. The molecule has 4 aromatic rings. The summed E-state index contributed by atoms with van der Waals surface area (Å²) in [6.07, 6.45) is 4.79. The Balaban J connectivity index is 0.000000269. The Morgan fingerprint density at radius 2 is 0.800 bits per heavy atom. The van der Waals surface area contributed by atoms with Crippen LogP contribution in [0.3, 0.4) is 0 Å². The molecule has 45 heavy (non-hydrogen) atoms. The Bertz CT molecular complexity index is 1600. The van der Waals surface area contributed by atoms with Crippen LogP contribution in [0.1, 0.15) is 25.0 Å². The molecule has 6 rings (SSSR count). The van der Waals surface area contributed by atoms with Crippen LogP contribution in [0.2, 0.25) is 0 Å². The van der Waals surface area contributed by atoms with Crippen molar-refractivity contribution in [3.8, 4) is 23.0 Å². The Morgan fingerprint density at radius 3 is 1.09 bits per heavy atom. The maximum atomic E-state index is 10.0. The topological polar surface area (TPSA) is 163 Å². The third-order valence-electron chi connectivity index (χ3n) is 6.60. The Hall–Kier alpha value is -6.16. The summed E-state index contributed by atoms with van der Waals surface area (Å²) in [6, 6.07) is 31.0. The zero-order valence-corrected chi connectivity index (χ0v) is 24.7. The Labute approximate surface area is 260 Å². The molecule has 2 heterocycles. The number of imide groups is 2. The van der Waals surface area contributed by atoms with E-state index in [4.69, 9.17) is 20.9 Å². The van der Waals surface area contributed by atoms with Gasteiger partial charge in [0.1, 0.15) is 23.0 Å². The van der Waals surface area contributed by atoms with Gasteiger partial charge in [0.15, 0.2) is 0 Å². The van der Waals surface area contributed by atoms with Crippen molar-refractivity contribution >= 4 is 35.0 Å². The second-order valence-corrected chi connectivity index (χ2v) is 10.3. The van der Waals surface area contributed by atoms with E-state index in [-0.39, 0.29) is 29.0 Å². The number of nitrogens with two attached hydrogens (primary N) is 2. The molecule has 0 saturated heterocycles. The highest BCUT2D eigenvalue weighted by Gasteiger charge is 2.30. The molecule has 0 spiro atoms. The molecule has 6 N–H and O–H groups in total. The standard InChI is InChI=1S/C27H26N2O2.2C4H3NO2/c1-27(2,23-7-3-5-9-25(23)30-21-15-11-19(28)12-16-21)24-8-4-6-10-26(24)31-22-17-13-20(29)14-18-22;2*6-3-1-2-4(7)5-3/h3-18H,28-29H2,1-2H3;2*1-2H,(H,5,6,7). The third kappa shape index (κ3) is 8.91. The summed E-state index contributed by atoms with van der Waals surface area (Å²) in [7, 11) is 0. The van der Waals surface area contributed by atoms with Crippen LogP contribution < -0.4 is 31.6 Å². The van der Waals surface area contributed by atoms with Crippen LogP contribution >= 0.6 is 0 Å². The lowest BCUT2D eigenvalue weighted by Gasteiger charge is -2.30. The number of ether oxygens (including phenoxy) is 2. The lowest BCUT2D eigenvalue weighted by atomic mass is 9.77. The number of hydrogen-bond donors (Lipinski definition) is 4. The zero-order chi connectivity index (χ0) is 32.4. The molecule has 0 fully saturated rings. The van der Waals surface area contributed by atoms with Crippen molar-refractivity contribution in [2.45, 2.75) is 19.3 Å². The number of amides is 4. The van der Waals surface area contributed by atoms with Gasteiger partial charge < -0.3 is 20.9 Å². The molecule has 0 atom stereocenters. The summed E-state index contributed by atoms with van der Waals surface area (Å²) in [4.78, 5) is 40.1. The van der Waals surface area contributed by atoms with E-state index in [1.54, 1.807) is 0 Å². The molecule has 10 heteroatoms. The first-order valence-electron chi connectivity index (χ1n) is 13.8. The molecule has 4 amide bonds. The number of anilines is 2. The highest BCUT2D eigenvalue weighted by Crippen LogP contribution is 2.43. The molecule has 0 saturated carbocycles. The van der Waals surface area contributed by atoms with E-state index in [1.807, 2.05) is 95.6 Å². The highest BCUT2D eigenvalue weighted by atomic mass is 16.5. The maximum Gasteiger partial charge on any atom is 0.250 e. The summed E-state index contributed by atoms with van der Waals surface area (Å²) >= 11 is 0. The van der Waals surface area contributed by atoms with E-state index in [0.29, 0.717) is 11.4 Å². The summed E-state index contributed by atoms with van der Waals surface area (Å²) in [5.41, 5.74) is 14.8. The number of nitrogen functional groups attached to an aromatic ring is 2. The minimum Gasteiger partial charge on any atom is -0.457 e. The quantitative estimate of drug-likeness (QED) is 0.173. The smallest absolute Gasteiger partial charge is 0.250 e. The average Bonchev–Trinajstić information content (AvgIpc) is 3.60. The van der Waals surface area contributed by atoms with Gasteiger partial charge in [0.25, 0.3) is 23.6 Å². The molecular weight excluding hydrogens is 572 g/mol. The van der Waals surface area contributed by atoms with Gasteiger partial charge in [-0.15, -0.1) is 0 Å². The van der Waals surface area contributed by atoms with Crippen LogP contribution in [0.25, 0.3) is 0 Å². The van der Waals surface area contributed by atoms with E-state index >= 15 is 0 Å². The fourth-order valence-corrected chi connectivity index (χ4v) is 4.33. The number of carbonyl (C=O) groups is 4. The number of rotatable bonds is 6. The second-order valence-electron chi connectivity index (χ2n) is 10.3. The number of carbonyl (C=O) groups excluding carboxylic acids is 4. The molecule has 2 aliphatic heterocycles. The number of nitrogens with one attached hydrogen (secondary N) is 2. The molecule has 0 radical (unpaired) electrons. The van der Waals surface area contributed by atoms with Crippen LogP contribution in [0.15, 0.2) is 121 Å². The van der Waals surface area contributed by atoms with Gasteiger partial charge in [0.05, 0.1) is 0 Å². The van der Waals surface area contributed by atoms with Crippen LogP contribution in [0, 0.1) is 0 Å². The molecule has 0 aliphatic carbocycles. The Morgan fingerprint density at radius 1 is 0.489 bits per heavy atom. The highest BCUT2D eigenvalue weighted by molar-refractivity contribution is 6.13. The van der Waals surface area contributed by atoms with E-state index in [2.05, 4.69) is 26.0 Å². The van der Waals surface area contributed by atoms with Crippen molar-refractivity contribution in [2.24, 2.45) is 0 Å². The minimum atomic E-state index is -0.380. The van der Waals surface area contributed by atoms with Gasteiger partial charge in [0.2, 0.25) is 0 Å². The van der Waals surface area contributed by atoms with Crippen LogP contribution in [-0.4, -0.2) is 23.6 Å². The lowest BCUT2D eigenvalue weighted by Crippen LogP contribution is -2.20. The normalized spacial score (nSPS) is 13.2. The first kappa shape index (κ1) is 31.8. The van der Waals surface area contributed by atoms with Crippen molar-refractivity contribution in [1.29, 1.82) is 0 Å². The van der Waals surface area contributed by atoms with Gasteiger partial charge in [-0.2, -0.15) is 0 Å². The molecule has 2 aliphatic rings. The summed E-state index contributed by atoms with van der Waals surface area (Å²) in [5.74, 6) is 1.75. The molecule has 0 bridgehead atoms. The van der Waals surface area contributed by atoms with Crippen molar-refractivity contribution in [3.63, 3.8) is 0 Å². The van der Waals surface area contributed by atoms with Crippen molar-refractivity contribution in [1.82, 2.24) is 10.6 Å². The van der Waals surface area contributed by atoms with Crippen molar-refractivity contribution in [3.05, 3.63) is 132 Å². The summed E-state index contributed by atoms with van der Waals surface area (Å²) < 4.78 is 12.5. The summed E-state index contributed by atoms with van der Waals surface area (Å²) in [5, 5.41) is 4.06. The first-order chi connectivity index (χ1) is 21.5. The van der Waals surface area contributed by atoms with Crippen molar-refractivity contribution < 1.29 is 28.7 Å². The zero-order valence-electron chi connectivity index (χ0n) is 24.7. The molecule has 0 unspecified atom stereocenters. The number of hydrogen-bond acceptors (Lipinski definition) is 8. The van der Waals surface area contributed by atoms with E-state index in [9.17, 15) is 19.2 Å². The minimum absolute atomic E-state index is 0.329. The number of para-hydroxylation sites is 2. The largest absolute Gasteiger partial charge is 0.457 e. The maximum absolute atomic E-state index is 10.0. The number of benzene rings is 4. The third-order valence-corrected chi connectivity index (χ3v) is 6.60. The van der Waals surface area contributed by atoms with E-state index in [1.165, 1.54) is 24.3 Å². The SMILES string of the molecule is CC(C)(c1ccccc1Oc1ccc(N)cc1)c1ccccc1Oc1ccc(N)cc1.O=C1C=CC(=O)N1.O=C1C=CC(=O)N1. The van der Waals surface area contributed by atoms with Crippen LogP contribution in [-0.2, 0) is 24.6 Å². The van der Waals surface area contributed by atoms with Gasteiger partial charge in [-0.1, -0.05) is 50.2 Å². The monoisotopic (exact) mass is 604 g/mol. The lowest BCUT2D eigenvalue weighted by molar-refractivity contribution is -0.125. The van der Waals surface area contributed by atoms with E-state index < -0.39 is 0 Å². The Kier molecular flexibility index (Phi) is 10.1. The molecule has 0 aromatic heterocycles. The van der Waals surface area contributed by atoms with Crippen LogP contribution in [0.4, 0.5) is 11.4 Å². The average molecular weight is 605 g/mol. The van der Waals surface area contributed by atoms with Crippen molar-refractivity contribution in [2.75, 3.05) is 11.5 Å². The van der Waals surface area contributed by atoms with E-state index in [0.717, 1.165) is 34.1 Å². The van der Waals surface area contributed by atoms with Crippen LogP contribution in [0.5, 0.6) is 23.0 Å². The van der Waals surface area contributed by atoms with Gasteiger partial charge >= 0.3 is 0 Å². The van der Waals surface area contributed by atoms with Gasteiger partial charge in [-0.3, -0.25) is 29.8 Å². The second kappa shape index (κ2) is 14.3. The summed E-state index contributed by atoms with van der Waals surface area (Å²) in [6.45, 7) is 4.34. The first-order valence-corrected chi connectivity index (χ1v) is 13.8. The molecule has 4 aromatic carbocycles. The fraction of sp³-hybridized carbons (Fsp3) is 0.0857. The molecule has 228 valence electrons. The predicted octanol–water partition coefficient (Wildman–Crippen LogP) is 5.16. The predicted molar refractivity (Wildman–Crippen MR) is 171 cm³/mol. The molecular formula is C35H32N4O6. The van der Waals surface area contributed by atoms with Gasteiger partial charge in [0, 0.05) is 52.2 Å². The fourth-order valence-electron chi connectivity index (χ4n) is 4.33.